The average Bonchev–Trinajstić information content (AvgIpc) is 1.84. The van der Waals surface area contributed by atoms with E-state index in [2.05, 4.69) is 0 Å². The number of alkyl halides is 3. The van der Waals surface area contributed by atoms with Crippen molar-refractivity contribution in [2.75, 3.05) is 6.54 Å². The largest absolute Gasteiger partial charge is 0.418 e. The zero-order valence-corrected chi connectivity index (χ0v) is 6.80. The molecule has 0 spiro atoms. The van der Waals surface area contributed by atoms with E-state index < -0.39 is 24.7 Å². The minimum Gasteiger partial charge on any atom is -0.379 e. The summed E-state index contributed by atoms with van der Waals surface area (Å²) in [7, 11) is 0. The van der Waals surface area contributed by atoms with E-state index in [0.29, 0.717) is 0 Å². The van der Waals surface area contributed by atoms with Crippen LogP contribution in [0.4, 0.5) is 13.2 Å². The molecular weight excluding hydrogens is 183 g/mol. The zero-order valence-electron chi connectivity index (χ0n) is 5.98. The Morgan fingerprint density at radius 1 is 1.36 bits per heavy atom. The molecule has 3 N–H and O–H groups in total. The van der Waals surface area contributed by atoms with Crippen molar-refractivity contribution in [2.24, 2.45) is 5.73 Å². The van der Waals surface area contributed by atoms with Gasteiger partial charge in [0.05, 0.1) is 0 Å². The summed E-state index contributed by atoms with van der Waals surface area (Å²) >= 11 is 0. The van der Waals surface area contributed by atoms with Crippen LogP contribution in [-0.4, -0.2) is 23.4 Å². The third kappa shape index (κ3) is 2.84. The Morgan fingerprint density at radius 2 is 1.73 bits per heavy atom. The van der Waals surface area contributed by atoms with Gasteiger partial charge in [-0.3, -0.25) is 0 Å². The Hall–Kier alpha value is -0.0000000000000000555. The Balaban J connectivity index is 0. The van der Waals surface area contributed by atoms with Crippen LogP contribution in [0.15, 0.2) is 0 Å². The molecular formula is C5H11ClF3NO. The summed E-state index contributed by atoms with van der Waals surface area (Å²) in [6, 6.07) is 0. The maximum Gasteiger partial charge on any atom is 0.418 e. The first kappa shape index (κ1) is 13.6. The van der Waals surface area contributed by atoms with E-state index in [-0.39, 0.29) is 12.4 Å². The second kappa shape index (κ2) is 4.13. The van der Waals surface area contributed by atoms with Gasteiger partial charge in [0.15, 0.2) is 5.60 Å². The van der Waals surface area contributed by atoms with Crippen LogP contribution in [0, 0.1) is 0 Å². The number of hydrogen-bond donors (Lipinski definition) is 2. The van der Waals surface area contributed by atoms with Crippen LogP contribution in [0.25, 0.3) is 0 Å². The summed E-state index contributed by atoms with van der Waals surface area (Å²) < 4.78 is 35.3. The van der Waals surface area contributed by atoms with Gasteiger partial charge in [-0.1, -0.05) is 6.92 Å². The van der Waals surface area contributed by atoms with Crippen LogP contribution in [0.2, 0.25) is 0 Å². The van der Waals surface area contributed by atoms with Gasteiger partial charge in [0, 0.05) is 6.54 Å². The highest BCUT2D eigenvalue weighted by Crippen LogP contribution is 2.31. The molecule has 0 saturated carbocycles. The SMILES string of the molecule is CCC(O)(CN)C(F)(F)F.Cl. The lowest BCUT2D eigenvalue weighted by molar-refractivity contribution is -0.256. The molecule has 6 heteroatoms. The molecule has 0 rings (SSSR count). The molecule has 0 saturated heterocycles. The van der Waals surface area contributed by atoms with Gasteiger partial charge < -0.3 is 10.8 Å². The second-order valence-electron chi connectivity index (χ2n) is 2.09. The van der Waals surface area contributed by atoms with Crippen molar-refractivity contribution in [1.82, 2.24) is 0 Å². The Kier molecular flexibility index (Phi) is 5.10. The van der Waals surface area contributed by atoms with Gasteiger partial charge in [0.25, 0.3) is 0 Å². The smallest absolute Gasteiger partial charge is 0.379 e. The monoisotopic (exact) mass is 193 g/mol. The first-order valence-corrected chi connectivity index (χ1v) is 2.86. The Labute approximate surface area is 69.0 Å². The van der Waals surface area contributed by atoms with Crippen molar-refractivity contribution >= 4 is 12.4 Å². The van der Waals surface area contributed by atoms with Crippen LogP contribution in [0.1, 0.15) is 13.3 Å². The van der Waals surface area contributed by atoms with Crippen molar-refractivity contribution in [3.63, 3.8) is 0 Å². The van der Waals surface area contributed by atoms with Crippen molar-refractivity contribution in [3.05, 3.63) is 0 Å². The van der Waals surface area contributed by atoms with E-state index in [1.165, 1.54) is 6.92 Å². The Bertz CT molecular complexity index is 113. The normalized spacial score (nSPS) is 16.9. The van der Waals surface area contributed by atoms with E-state index in [1.54, 1.807) is 0 Å². The molecule has 1 atom stereocenters. The van der Waals surface area contributed by atoms with Crippen LogP contribution in [-0.2, 0) is 0 Å². The van der Waals surface area contributed by atoms with Gasteiger partial charge in [0.2, 0.25) is 0 Å². The standard InChI is InChI=1S/C5H10F3NO.ClH/c1-2-4(10,3-9)5(6,7)8;/h10H,2-3,9H2,1H3;1H. The number of nitrogens with two attached hydrogens (primary N) is 1. The van der Waals surface area contributed by atoms with Gasteiger partial charge in [0.1, 0.15) is 0 Å². The molecule has 0 aliphatic rings. The minimum absolute atomic E-state index is 0. The van der Waals surface area contributed by atoms with Gasteiger partial charge in [-0.05, 0) is 6.42 Å². The third-order valence-electron chi connectivity index (χ3n) is 1.45. The molecule has 0 aromatic carbocycles. The van der Waals surface area contributed by atoms with Crippen LogP contribution >= 0.6 is 12.4 Å². The molecule has 0 aliphatic carbocycles. The predicted molar refractivity (Wildman–Crippen MR) is 37.6 cm³/mol. The molecule has 0 bridgehead atoms. The zero-order chi connectivity index (χ0) is 8.41. The average molecular weight is 194 g/mol. The molecule has 11 heavy (non-hydrogen) atoms. The third-order valence-corrected chi connectivity index (χ3v) is 1.45. The van der Waals surface area contributed by atoms with Crippen molar-refractivity contribution in [3.8, 4) is 0 Å². The van der Waals surface area contributed by atoms with Crippen molar-refractivity contribution < 1.29 is 18.3 Å². The highest BCUT2D eigenvalue weighted by atomic mass is 35.5. The molecule has 1 unspecified atom stereocenters. The van der Waals surface area contributed by atoms with Gasteiger partial charge in [-0.25, -0.2) is 0 Å². The first-order valence-electron chi connectivity index (χ1n) is 2.86. The van der Waals surface area contributed by atoms with E-state index >= 15 is 0 Å². The molecule has 0 fully saturated rings. The van der Waals surface area contributed by atoms with Gasteiger partial charge in [-0.15, -0.1) is 12.4 Å². The maximum atomic E-state index is 11.8. The first-order chi connectivity index (χ1) is 4.37. The highest BCUT2D eigenvalue weighted by Gasteiger charge is 2.51. The molecule has 0 aliphatic heterocycles. The lowest BCUT2D eigenvalue weighted by Gasteiger charge is -2.27. The fourth-order valence-corrected chi connectivity index (χ4v) is 0.461. The molecule has 0 radical (unpaired) electrons. The quantitative estimate of drug-likeness (QED) is 0.689. The van der Waals surface area contributed by atoms with E-state index in [9.17, 15) is 13.2 Å². The number of rotatable bonds is 2. The van der Waals surface area contributed by atoms with Crippen molar-refractivity contribution in [1.29, 1.82) is 0 Å². The van der Waals surface area contributed by atoms with E-state index in [0.717, 1.165) is 0 Å². The topological polar surface area (TPSA) is 46.2 Å². The molecule has 0 aromatic rings. The fourth-order valence-electron chi connectivity index (χ4n) is 0.461. The molecule has 0 heterocycles. The lowest BCUT2D eigenvalue weighted by Crippen LogP contribution is -2.50. The summed E-state index contributed by atoms with van der Waals surface area (Å²) in [5, 5.41) is 8.72. The fraction of sp³-hybridized carbons (Fsp3) is 1.00. The van der Waals surface area contributed by atoms with Crippen LogP contribution in [0.3, 0.4) is 0 Å². The number of hydrogen-bond acceptors (Lipinski definition) is 2. The highest BCUT2D eigenvalue weighted by molar-refractivity contribution is 5.85. The van der Waals surface area contributed by atoms with Crippen LogP contribution in [0.5, 0.6) is 0 Å². The number of aliphatic hydroxyl groups is 1. The summed E-state index contributed by atoms with van der Waals surface area (Å²) in [6.07, 6.45) is -5.02. The van der Waals surface area contributed by atoms with Gasteiger partial charge >= 0.3 is 6.18 Å². The second-order valence-corrected chi connectivity index (χ2v) is 2.09. The summed E-state index contributed by atoms with van der Waals surface area (Å²) in [6.45, 7) is 0.452. The molecule has 0 aromatic heterocycles. The summed E-state index contributed by atoms with van der Waals surface area (Å²) in [5.74, 6) is 0. The van der Waals surface area contributed by atoms with E-state index in [1.807, 2.05) is 0 Å². The van der Waals surface area contributed by atoms with Crippen molar-refractivity contribution in [2.45, 2.75) is 25.1 Å². The maximum absolute atomic E-state index is 11.8. The minimum atomic E-state index is -4.61. The molecule has 70 valence electrons. The van der Waals surface area contributed by atoms with E-state index in [4.69, 9.17) is 10.8 Å². The number of halogens is 4. The predicted octanol–water partition coefficient (Wildman–Crippen LogP) is 1.07. The summed E-state index contributed by atoms with van der Waals surface area (Å²) in [4.78, 5) is 0. The molecule has 0 amide bonds. The van der Waals surface area contributed by atoms with Crippen LogP contribution < -0.4 is 5.73 Å². The Morgan fingerprint density at radius 3 is 1.73 bits per heavy atom. The molecule has 2 nitrogen and oxygen atoms in total. The van der Waals surface area contributed by atoms with Gasteiger partial charge in [-0.2, -0.15) is 13.2 Å². The lowest BCUT2D eigenvalue weighted by atomic mass is 10.0. The summed E-state index contributed by atoms with van der Waals surface area (Å²) in [5.41, 5.74) is 2.03.